The molecule has 0 spiro atoms. The van der Waals surface area contributed by atoms with Crippen LogP contribution < -0.4 is 5.32 Å². The van der Waals surface area contributed by atoms with Crippen molar-refractivity contribution >= 4 is 0 Å². The smallest absolute Gasteiger partial charge is 0.108 e. The summed E-state index contributed by atoms with van der Waals surface area (Å²) < 4.78 is 0. The average Bonchev–Trinajstić information content (AvgIpc) is 2.42. The zero-order chi connectivity index (χ0) is 14.3. The first kappa shape index (κ1) is 16.4. The van der Waals surface area contributed by atoms with Gasteiger partial charge in [0, 0.05) is 19.1 Å². The lowest BCUT2D eigenvalue weighted by Gasteiger charge is -2.40. The maximum Gasteiger partial charge on any atom is 0.108 e. The minimum absolute atomic E-state index is 0.286. The van der Waals surface area contributed by atoms with Crippen LogP contribution in [0.2, 0.25) is 0 Å². The van der Waals surface area contributed by atoms with Gasteiger partial charge in [-0.25, -0.2) is 0 Å². The molecule has 4 nitrogen and oxygen atoms in total. The molecule has 110 valence electrons. The molecule has 0 saturated heterocycles. The topological polar surface area (TPSA) is 42.3 Å². The summed E-state index contributed by atoms with van der Waals surface area (Å²) in [5.74, 6) is 0. The number of nitrogens with zero attached hydrogens (tertiary/aromatic N) is 3. The van der Waals surface area contributed by atoms with Crippen LogP contribution in [-0.4, -0.2) is 62.2 Å². The van der Waals surface area contributed by atoms with Crippen molar-refractivity contribution in [2.45, 2.75) is 50.6 Å². The predicted molar refractivity (Wildman–Crippen MR) is 80.1 cm³/mol. The highest BCUT2D eigenvalue weighted by atomic mass is 15.2. The van der Waals surface area contributed by atoms with Crippen LogP contribution in [0.15, 0.2) is 0 Å². The summed E-state index contributed by atoms with van der Waals surface area (Å²) in [6, 6.07) is 3.09. The second-order valence-corrected chi connectivity index (χ2v) is 6.15. The van der Waals surface area contributed by atoms with Gasteiger partial charge in [0.05, 0.1) is 6.07 Å². The van der Waals surface area contributed by atoms with Gasteiger partial charge in [0.2, 0.25) is 0 Å². The van der Waals surface area contributed by atoms with Gasteiger partial charge < -0.3 is 9.80 Å². The number of nitriles is 1. The Hall–Kier alpha value is -0.630. The molecule has 0 aliphatic heterocycles. The number of hydrogen-bond acceptors (Lipinski definition) is 4. The zero-order valence-electron chi connectivity index (χ0n) is 13.1. The first-order chi connectivity index (χ1) is 9.03. The fraction of sp³-hybridized carbons (Fsp3) is 0.933. The Morgan fingerprint density at radius 1 is 1.32 bits per heavy atom. The van der Waals surface area contributed by atoms with E-state index < -0.39 is 0 Å². The van der Waals surface area contributed by atoms with Crippen molar-refractivity contribution in [1.29, 1.82) is 5.26 Å². The van der Waals surface area contributed by atoms with Crippen molar-refractivity contribution in [2.24, 2.45) is 0 Å². The van der Waals surface area contributed by atoms with Crippen LogP contribution in [-0.2, 0) is 0 Å². The van der Waals surface area contributed by atoms with Crippen molar-refractivity contribution < 1.29 is 0 Å². The van der Waals surface area contributed by atoms with Crippen LogP contribution in [0.25, 0.3) is 0 Å². The van der Waals surface area contributed by atoms with Crippen molar-refractivity contribution in [3.05, 3.63) is 0 Å². The van der Waals surface area contributed by atoms with E-state index >= 15 is 0 Å². The summed E-state index contributed by atoms with van der Waals surface area (Å²) in [6.07, 6.45) is 5.43. The summed E-state index contributed by atoms with van der Waals surface area (Å²) in [5.41, 5.74) is -0.286. The molecule has 1 aliphatic rings. The molecule has 0 aromatic heterocycles. The highest BCUT2D eigenvalue weighted by molar-refractivity contribution is 5.11. The van der Waals surface area contributed by atoms with Gasteiger partial charge in [0.15, 0.2) is 0 Å². The Morgan fingerprint density at radius 3 is 2.63 bits per heavy atom. The Balaban J connectivity index is 2.54. The van der Waals surface area contributed by atoms with Crippen LogP contribution in [0.3, 0.4) is 0 Å². The number of likely N-dealkylation sites (N-methyl/N-ethyl adjacent to an activating group) is 2. The van der Waals surface area contributed by atoms with Gasteiger partial charge in [-0.1, -0.05) is 6.92 Å². The summed E-state index contributed by atoms with van der Waals surface area (Å²) in [4.78, 5) is 4.64. The Labute approximate surface area is 118 Å². The third kappa shape index (κ3) is 5.10. The molecule has 2 atom stereocenters. The fourth-order valence-corrected chi connectivity index (χ4v) is 2.83. The highest BCUT2D eigenvalue weighted by Gasteiger charge is 2.37. The zero-order valence-corrected chi connectivity index (χ0v) is 13.1. The number of hydrogen-bond donors (Lipinski definition) is 1. The molecule has 1 N–H and O–H groups in total. The standard InChI is InChI=1S/C15H30N4/c1-5-9-17-15(13-16)8-6-7-14(12-15)19(4)11-10-18(2)3/h14,17H,5-12H2,1-4H3. The normalized spacial score (nSPS) is 27.7. The largest absolute Gasteiger partial charge is 0.308 e. The van der Waals surface area contributed by atoms with E-state index in [0.29, 0.717) is 6.04 Å². The maximum atomic E-state index is 9.55. The monoisotopic (exact) mass is 266 g/mol. The van der Waals surface area contributed by atoms with E-state index in [1.807, 2.05) is 0 Å². The predicted octanol–water partition coefficient (Wildman–Crippen LogP) is 1.68. The van der Waals surface area contributed by atoms with Crippen LogP contribution in [0.1, 0.15) is 39.0 Å². The van der Waals surface area contributed by atoms with E-state index in [0.717, 1.165) is 45.3 Å². The number of rotatable bonds is 7. The molecule has 0 aromatic rings. The third-order valence-electron chi connectivity index (χ3n) is 4.18. The molecule has 0 radical (unpaired) electrons. The lowest BCUT2D eigenvalue weighted by atomic mass is 9.79. The number of nitrogens with one attached hydrogen (secondary N) is 1. The summed E-state index contributed by atoms with van der Waals surface area (Å²) in [7, 11) is 6.41. The van der Waals surface area contributed by atoms with Gasteiger partial charge in [0.25, 0.3) is 0 Å². The van der Waals surface area contributed by atoms with Gasteiger partial charge in [-0.05, 0) is 59.8 Å². The molecule has 0 amide bonds. The Morgan fingerprint density at radius 2 is 2.05 bits per heavy atom. The van der Waals surface area contributed by atoms with Crippen LogP contribution >= 0.6 is 0 Å². The molecule has 1 fully saturated rings. The first-order valence-electron chi connectivity index (χ1n) is 7.54. The van der Waals surface area contributed by atoms with E-state index in [-0.39, 0.29) is 5.54 Å². The van der Waals surface area contributed by atoms with Crippen molar-refractivity contribution in [3.63, 3.8) is 0 Å². The van der Waals surface area contributed by atoms with Gasteiger partial charge in [0.1, 0.15) is 5.54 Å². The molecule has 19 heavy (non-hydrogen) atoms. The van der Waals surface area contributed by atoms with Crippen molar-refractivity contribution in [1.82, 2.24) is 15.1 Å². The summed E-state index contributed by atoms with van der Waals surface area (Å²) >= 11 is 0. The molecule has 4 heteroatoms. The Kier molecular flexibility index (Phi) is 6.78. The first-order valence-corrected chi connectivity index (χ1v) is 7.54. The van der Waals surface area contributed by atoms with Crippen molar-refractivity contribution in [2.75, 3.05) is 40.8 Å². The molecular formula is C15H30N4. The molecule has 1 saturated carbocycles. The third-order valence-corrected chi connectivity index (χ3v) is 4.18. The fourth-order valence-electron chi connectivity index (χ4n) is 2.83. The lowest BCUT2D eigenvalue weighted by Crippen LogP contribution is -2.53. The van der Waals surface area contributed by atoms with Gasteiger partial charge in [-0.15, -0.1) is 0 Å². The lowest BCUT2D eigenvalue weighted by molar-refractivity contribution is 0.136. The summed E-state index contributed by atoms with van der Waals surface area (Å²) in [6.45, 7) is 5.26. The molecule has 0 bridgehead atoms. The molecule has 0 heterocycles. The van der Waals surface area contributed by atoms with Gasteiger partial charge in [-0.2, -0.15) is 5.26 Å². The molecule has 1 rings (SSSR count). The Bertz CT molecular complexity index is 297. The minimum Gasteiger partial charge on any atom is -0.308 e. The second-order valence-electron chi connectivity index (χ2n) is 6.15. The SMILES string of the molecule is CCCNC1(C#N)CCCC(N(C)CCN(C)C)C1. The van der Waals surface area contributed by atoms with Crippen LogP contribution in [0.5, 0.6) is 0 Å². The highest BCUT2D eigenvalue weighted by Crippen LogP contribution is 2.30. The van der Waals surface area contributed by atoms with Gasteiger partial charge >= 0.3 is 0 Å². The van der Waals surface area contributed by atoms with E-state index in [1.54, 1.807) is 0 Å². The molecular weight excluding hydrogens is 236 g/mol. The van der Waals surface area contributed by atoms with Gasteiger partial charge in [-0.3, -0.25) is 5.32 Å². The van der Waals surface area contributed by atoms with Crippen molar-refractivity contribution in [3.8, 4) is 6.07 Å². The minimum atomic E-state index is -0.286. The van der Waals surface area contributed by atoms with E-state index in [1.165, 1.54) is 6.42 Å². The van der Waals surface area contributed by atoms with E-state index in [9.17, 15) is 5.26 Å². The second kappa shape index (κ2) is 7.84. The van der Waals surface area contributed by atoms with E-state index in [2.05, 4.69) is 49.3 Å². The van der Waals surface area contributed by atoms with E-state index in [4.69, 9.17) is 0 Å². The summed E-state index contributed by atoms with van der Waals surface area (Å²) in [5, 5.41) is 13.0. The molecule has 0 aromatic carbocycles. The van der Waals surface area contributed by atoms with Crippen LogP contribution in [0.4, 0.5) is 0 Å². The molecule has 2 unspecified atom stereocenters. The van der Waals surface area contributed by atoms with Crippen LogP contribution in [0, 0.1) is 11.3 Å². The maximum absolute atomic E-state index is 9.55. The molecule has 1 aliphatic carbocycles. The average molecular weight is 266 g/mol. The quantitative estimate of drug-likeness (QED) is 0.761.